The Bertz CT molecular complexity index is 1410. The highest BCUT2D eigenvalue weighted by atomic mass is 32.1. The minimum absolute atomic E-state index is 0.0604. The number of hydrogen-bond donors (Lipinski definition) is 2. The molecule has 0 bridgehead atoms. The highest BCUT2D eigenvalue weighted by molar-refractivity contribution is 7.17. The standard InChI is InChI=1S/C24H24N6O4S/c25-10-14-4-1-2-5-15(14)11-30-22(32)20-19(28-24(30)29-8-3-6-16(26)12-29)17(13-35-20)21(31)27-18-7-9-34-23(18)33/h1-2,4-5,13,16,18H,3,6-9,11-12,26H2,(H,27,31)/t16-,18+/m1/s1. The highest BCUT2D eigenvalue weighted by Gasteiger charge is 2.30. The van der Waals surface area contributed by atoms with Gasteiger partial charge < -0.3 is 20.7 Å². The molecule has 0 saturated carbocycles. The van der Waals surface area contributed by atoms with E-state index in [-0.39, 0.29) is 30.3 Å². The number of carbonyl (C=O) groups excluding carboxylic acids is 2. The van der Waals surface area contributed by atoms with Crippen LogP contribution in [0.5, 0.6) is 0 Å². The van der Waals surface area contributed by atoms with Crippen LogP contribution in [0.3, 0.4) is 0 Å². The van der Waals surface area contributed by atoms with Gasteiger partial charge in [0.25, 0.3) is 11.5 Å². The lowest BCUT2D eigenvalue weighted by Crippen LogP contribution is -2.45. The van der Waals surface area contributed by atoms with Gasteiger partial charge in [-0.25, -0.2) is 9.78 Å². The molecular formula is C24H24N6O4S. The zero-order valence-corrected chi connectivity index (χ0v) is 19.7. The minimum atomic E-state index is -0.708. The van der Waals surface area contributed by atoms with Crippen LogP contribution in [-0.2, 0) is 16.1 Å². The molecule has 2 aliphatic heterocycles. The van der Waals surface area contributed by atoms with Gasteiger partial charge >= 0.3 is 5.97 Å². The van der Waals surface area contributed by atoms with E-state index >= 15 is 0 Å². The van der Waals surface area contributed by atoms with Gasteiger partial charge in [-0.05, 0) is 24.5 Å². The van der Waals surface area contributed by atoms with Crippen LogP contribution in [0.2, 0.25) is 0 Å². The molecule has 5 rings (SSSR count). The summed E-state index contributed by atoms with van der Waals surface area (Å²) in [6.07, 6.45) is 2.14. The SMILES string of the molecule is N#Cc1ccccc1Cn1c(N2CCC[C@@H](N)C2)nc2c(C(=O)N[C@H]3CCOC3=O)csc2c1=O. The van der Waals surface area contributed by atoms with Crippen molar-refractivity contribution >= 4 is 39.4 Å². The molecule has 3 aromatic rings. The predicted molar refractivity (Wildman–Crippen MR) is 130 cm³/mol. The molecule has 2 aliphatic rings. The van der Waals surface area contributed by atoms with Crippen molar-refractivity contribution in [1.82, 2.24) is 14.9 Å². The van der Waals surface area contributed by atoms with Gasteiger partial charge in [0.1, 0.15) is 16.3 Å². The Morgan fingerprint density at radius 2 is 2.14 bits per heavy atom. The predicted octanol–water partition coefficient (Wildman–Crippen LogP) is 1.35. The van der Waals surface area contributed by atoms with Crippen molar-refractivity contribution in [1.29, 1.82) is 5.26 Å². The van der Waals surface area contributed by atoms with E-state index in [2.05, 4.69) is 11.4 Å². The van der Waals surface area contributed by atoms with E-state index in [1.807, 2.05) is 17.0 Å². The lowest BCUT2D eigenvalue weighted by Gasteiger charge is -2.33. The Kier molecular flexibility index (Phi) is 6.23. The molecule has 2 atom stereocenters. The molecule has 1 amide bonds. The number of aromatic nitrogens is 2. The molecule has 4 heterocycles. The van der Waals surface area contributed by atoms with Crippen molar-refractivity contribution in [3.63, 3.8) is 0 Å². The third-order valence-corrected chi connectivity index (χ3v) is 7.31. The maximum atomic E-state index is 13.7. The van der Waals surface area contributed by atoms with Crippen molar-refractivity contribution in [2.45, 2.75) is 37.9 Å². The zero-order chi connectivity index (χ0) is 24.5. The van der Waals surface area contributed by atoms with Crippen LogP contribution in [-0.4, -0.2) is 53.2 Å². The Morgan fingerprint density at radius 1 is 1.31 bits per heavy atom. The minimum Gasteiger partial charge on any atom is -0.464 e. The van der Waals surface area contributed by atoms with Crippen molar-refractivity contribution < 1.29 is 14.3 Å². The van der Waals surface area contributed by atoms with E-state index in [9.17, 15) is 19.6 Å². The summed E-state index contributed by atoms with van der Waals surface area (Å²) < 4.78 is 6.82. The number of nitrogens with one attached hydrogen (secondary N) is 1. The number of carbonyl (C=O) groups is 2. The van der Waals surface area contributed by atoms with Gasteiger partial charge in [-0.15, -0.1) is 11.3 Å². The normalized spacial score (nSPS) is 20.0. The number of thiophene rings is 1. The first-order chi connectivity index (χ1) is 17.0. The number of fused-ring (bicyclic) bond motifs is 1. The average Bonchev–Trinajstić information content (AvgIpc) is 3.47. The second-order valence-corrected chi connectivity index (χ2v) is 9.61. The van der Waals surface area contributed by atoms with Gasteiger partial charge in [0.05, 0.1) is 30.3 Å². The number of ether oxygens (including phenoxy) is 1. The molecule has 0 spiro atoms. The van der Waals surface area contributed by atoms with Crippen LogP contribution in [0.1, 0.15) is 40.7 Å². The van der Waals surface area contributed by atoms with Gasteiger partial charge in [0.15, 0.2) is 0 Å². The topological polar surface area (TPSA) is 143 Å². The summed E-state index contributed by atoms with van der Waals surface area (Å²) in [6, 6.07) is 8.54. The summed E-state index contributed by atoms with van der Waals surface area (Å²) in [6.45, 7) is 1.63. The molecule has 10 nitrogen and oxygen atoms in total. The van der Waals surface area contributed by atoms with E-state index in [1.54, 1.807) is 22.1 Å². The van der Waals surface area contributed by atoms with Crippen molar-refractivity contribution in [3.05, 3.63) is 56.7 Å². The number of cyclic esters (lactones) is 1. The number of esters is 1. The highest BCUT2D eigenvalue weighted by Crippen LogP contribution is 2.27. The van der Waals surface area contributed by atoms with Crippen LogP contribution in [0.15, 0.2) is 34.4 Å². The molecule has 11 heteroatoms. The van der Waals surface area contributed by atoms with Crippen LogP contribution >= 0.6 is 11.3 Å². The fourth-order valence-electron chi connectivity index (χ4n) is 4.53. The number of rotatable bonds is 5. The fraction of sp³-hybridized carbons (Fsp3) is 0.375. The molecule has 3 N–H and O–H groups in total. The second kappa shape index (κ2) is 9.48. The first-order valence-corrected chi connectivity index (χ1v) is 12.3. The summed E-state index contributed by atoms with van der Waals surface area (Å²) in [5, 5.41) is 13.8. The lowest BCUT2D eigenvalue weighted by molar-refractivity contribution is -0.139. The van der Waals surface area contributed by atoms with Crippen molar-refractivity contribution in [3.8, 4) is 6.07 Å². The number of benzene rings is 1. The van der Waals surface area contributed by atoms with Gasteiger partial charge in [0, 0.05) is 30.9 Å². The lowest BCUT2D eigenvalue weighted by atomic mass is 10.1. The number of anilines is 1. The third-order valence-electron chi connectivity index (χ3n) is 6.35. The van der Waals surface area contributed by atoms with Crippen LogP contribution in [0.4, 0.5) is 5.95 Å². The van der Waals surface area contributed by atoms with Crippen molar-refractivity contribution in [2.24, 2.45) is 5.73 Å². The van der Waals surface area contributed by atoms with Crippen LogP contribution in [0, 0.1) is 11.3 Å². The van der Waals surface area contributed by atoms with E-state index in [0.29, 0.717) is 46.8 Å². The van der Waals surface area contributed by atoms with Crippen LogP contribution < -0.4 is 21.5 Å². The third kappa shape index (κ3) is 4.38. The molecule has 2 aromatic heterocycles. The molecule has 2 fully saturated rings. The quantitative estimate of drug-likeness (QED) is 0.508. The molecule has 0 radical (unpaired) electrons. The summed E-state index contributed by atoms with van der Waals surface area (Å²) in [7, 11) is 0. The summed E-state index contributed by atoms with van der Waals surface area (Å²) >= 11 is 1.14. The Labute approximate surface area is 204 Å². The number of hydrogen-bond acceptors (Lipinski definition) is 9. The first kappa shape index (κ1) is 23.0. The van der Waals surface area contributed by atoms with E-state index in [1.165, 1.54) is 0 Å². The smallest absolute Gasteiger partial charge is 0.328 e. The van der Waals surface area contributed by atoms with Gasteiger partial charge in [0.2, 0.25) is 5.95 Å². The summed E-state index contributed by atoms with van der Waals surface area (Å²) in [5.74, 6) is -0.522. The molecule has 2 saturated heterocycles. The molecular weight excluding hydrogens is 468 g/mol. The number of nitrogens with two attached hydrogens (primary N) is 1. The monoisotopic (exact) mass is 492 g/mol. The van der Waals surface area contributed by atoms with E-state index in [0.717, 1.165) is 24.2 Å². The number of amides is 1. The second-order valence-electron chi connectivity index (χ2n) is 8.73. The van der Waals surface area contributed by atoms with E-state index in [4.69, 9.17) is 15.5 Å². The molecule has 1 aromatic carbocycles. The first-order valence-electron chi connectivity index (χ1n) is 11.4. The maximum absolute atomic E-state index is 13.7. The summed E-state index contributed by atoms with van der Waals surface area (Å²) in [5.41, 5.74) is 7.65. The average molecular weight is 493 g/mol. The Morgan fingerprint density at radius 3 is 2.89 bits per heavy atom. The van der Waals surface area contributed by atoms with Crippen molar-refractivity contribution in [2.75, 3.05) is 24.6 Å². The molecule has 0 unspecified atom stereocenters. The Balaban J connectivity index is 1.60. The number of nitriles is 1. The fourth-order valence-corrected chi connectivity index (χ4v) is 5.46. The molecule has 180 valence electrons. The van der Waals surface area contributed by atoms with E-state index < -0.39 is 17.9 Å². The largest absolute Gasteiger partial charge is 0.464 e. The van der Waals surface area contributed by atoms with Crippen LogP contribution in [0.25, 0.3) is 10.2 Å². The van der Waals surface area contributed by atoms with Gasteiger partial charge in [-0.2, -0.15) is 5.26 Å². The molecule has 0 aliphatic carbocycles. The summed E-state index contributed by atoms with van der Waals surface area (Å²) in [4.78, 5) is 45.3. The number of nitrogens with zero attached hydrogens (tertiary/aromatic N) is 4. The number of piperidine rings is 1. The molecule has 35 heavy (non-hydrogen) atoms. The maximum Gasteiger partial charge on any atom is 0.328 e. The van der Waals surface area contributed by atoms with Gasteiger partial charge in [-0.1, -0.05) is 18.2 Å². The zero-order valence-electron chi connectivity index (χ0n) is 18.9. The van der Waals surface area contributed by atoms with Gasteiger partial charge in [-0.3, -0.25) is 14.2 Å². The Hall–Kier alpha value is -3.75.